The first kappa shape index (κ1) is 12.1. The standard InChI is InChI=1S/C14H18N2O/c1-11-3-4-12(2)13(5-11)6-16-8-14(7-15)9-17-10-14/h3-5,16H,6,8-10H2,1-2H3. The average Bonchev–Trinajstić information content (AvgIpc) is 2.27. The molecule has 0 amide bonds. The molecule has 2 rings (SSSR count). The van der Waals surface area contributed by atoms with Crippen LogP contribution in [-0.4, -0.2) is 19.8 Å². The van der Waals surface area contributed by atoms with Crippen molar-refractivity contribution in [2.75, 3.05) is 19.8 Å². The van der Waals surface area contributed by atoms with Gasteiger partial charge in [0.15, 0.2) is 0 Å². The van der Waals surface area contributed by atoms with E-state index in [-0.39, 0.29) is 5.41 Å². The highest BCUT2D eigenvalue weighted by atomic mass is 16.5. The number of nitrogens with one attached hydrogen (secondary N) is 1. The third kappa shape index (κ3) is 2.66. The number of hydrogen-bond acceptors (Lipinski definition) is 3. The highest BCUT2D eigenvalue weighted by molar-refractivity contribution is 5.30. The number of ether oxygens (including phenoxy) is 1. The van der Waals surface area contributed by atoms with Gasteiger partial charge in [0.1, 0.15) is 5.41 Å². The van der Waals surface area contributed by atoms with Crippen molar-refractivity contribution in [2.45, 2.75) is 20.4 Å². The maximum absolute atomic E-state index is 9.06. The molecule has 0 spiro atoms. The molecule has 17 heavy (non-hydrogen) atoms. The maximum Gasteiger partial charge on any atom is 0.116 e. The zero-order chi connectivity index (χ0) is 12.3. The molecule has 3 heteroatoms. The normalized spacial score (nSPS) is 17.2. The summed E-state index contributed by atoms with van der Waals surface area (Å²) < 4.78 is 5.11. The summed E-state index contributed by atoms with van der Waals surface area (Å²) in [5.74, 6) is 0. The Bertz CT molecular complexity index is 444. The summed E-state index contributed by atoms with van der Waals surface area (Å²) in [6.45, 7) is 6.85. The van der Waals surface area contributed by atoms with Crippen LogP contribution in [0.5, 0.6) is 0 Å². The van der Waals surface area contributed by atoms with E-state index in [4.69, 9.17) is 10.00 Å². The van der Waals surface area contributed by atoms with Crippen LogP contribution in [0.3, 0.4) is 0 Å². The average molecular weight is 230 g/mol. The Kier molecular flexibility index (Phi) is 3.46. The van der Waals surface area contributed by atoms with E-state index in [1.807, 2.05) is 0 Å². The molecule has 1 N–H and O–H groups in total. The van der Waals surface area contributed by atoms with Crippen LogP contribution in [-0.2, 0) is 11.3 Å². The monoisotopic (exact) mass is 230 g/mol. The zero-order valence-electron chi connectivity index (χ0n) is 10.4. The van der Waals surface area contributed by atoms with Crippen molar-refractivity contribution in [1.29, 1.82) is 5.26 Å². The van der Waals surface area contributed by atoms with E-state index in [1.54, 1.807) is 0 Å². The summed E-state index contributed by atoms with van der Waals surface area (Å²) in [5.41, 5.74) is 3.57. The molecule has 1 aliphatic heterocycles. The molecule has 0 aromatic heterocycles. The second kappa shape index (κ2) is 4.87. The van der Waals surface area contributed by atoms with E-state index in [0.29, 0.717) is 19.8 Å². The van der Waals surface area contributed by atoms with Gasteiger partial charge in [-0.05, 0) is 25.0 Å². The smallest absolute Gasteiger partial charge is 0.116 e. The van der Waals surface area contributed by atoms with E-state index >= 15 is 0 Å². The minimum atomic E-state index is -0.294. The highest BCUT2D eigenvalue weighted by Gasteiger charge is 2.38. The van der Waals surface area contributed by atoms with Gasteiger partial charge < -0.3 is 10.1 Å². The first-order valence-electron chi connectivity index (χ1n) is 5.91. The first-order chi connectivity index (χ1) is 8.15. The first-order valence-corrected chi connectivity index (χ1v) is 5.91. The number of nitriles is 1. The van der Waals surface area contributed by atoms with Gasteiger partial charge in [0.25, 0.3) is 0 Å². The zero-order valence-corrected chi connectivity index (χ0v) is 10.4. The van der Waals surface area contributed by atoms with Gasteiger partial charge in [-0.1, -0.05) is 23.8 Å². The van der Waals surface area contributed by atoms with Crippen molar-refractivity contribution in [1.82, 2.24) is 5.32 Å². The molecule has 1 aromatic rings. The second-order valence-electron chi connectivity index (χ2n) is 4.92. The van der Waals surface area contributed by atoms with Gasteiger partial charge in [0.2, 0.25) is 0 Å². The maximum atomic E-state index is 9.06. The van der Waals surface area contributed by atoms with Gasteiger partial charge >= 0.3 is 0 Å². The van der Waals surface area contributed by atoms with Gasteiger partial charge in [-0.25, -0.2) is 0 Å². The van der Waals surface area contributed by atoms with Crippen LogP contribution in [0.4, 0.5) is 0 Å². The molecule has 3 nitrogen and oxygen atoms in total. The second-order valence-corrected chi connectivity index (χ2v) is 4.92. The molecule has 0 unspecified atom stereocenters. The van der Waals surface area contributed by atoms with E-state index in [0.717, 1.165) is 6.54 Å². The summed E-state index contributed by atoms with van der Waals surface area (Å²) in [7, 11) is 0. The third-order valence-electron chi connectivity index (χ3n) is 3.28. The van der Waals surface area contributed by atoms with Crippen LogP contribution in [0.2, 0.25) is 0 Å². The number of rotatable bonds is 4. The molecule has 0 aliphatic carbocycles. The topological polar surface area (TPSA) is 45.0 Å². The lowest BCUT2D eigenvalue weighted by molar-refractivity contribution is -0.0755. The molecule has 0 saturated carbocycles. The van der Waals surface area contributed by atoms with Gasteiger partial charge in [-0.15, -0.1) is 0 Å². The molecule has 1 saturated heterocycles. The van der Waals surface area contributed by atoms with Gasteiger partial charge in [0.05, 0.1) is 19.3 Å². The van der Waals surface area contributed by atoms with Gasteiger partial charge in [0, 0.05) is 13.1 Å². The van der Waals surface area contributed by atoms with Crippen LogP contribution in [0.25, 0.3) is 0 Å². The van der Waals surface area contributed by atoms with Crippen LogP contribution in [0, 0.1) is 30.6 Å². The molecule has 1 heterocycles. The molecular formula is C14H18N2O. The van der Waals surface area contributed by atoms with Gasteiger partial charge in [-0.3, -0.25) is 0 Å². The molecule has 90 valence electrons. The van der Waals surface area contributed by atoms with Crippen molar-refractivity contribution < 1.29 is 4.74 Å². The lowest BCUT2D eigenvalue weighted by Crippen LogP contribution is -2.48. The van der Waals surface area contributed by atoms with E-state index in [1.165, 1.54) is 16.7 Å². The van der Waals surface area contributed by atoms with Crippen LogP contribution in [0.15, 0.2) is 18.2 Å². The molecule has 0 radical (unpaired) electrons. The van der Waals surface area contributed by atoms with Crippen molar-refractivity contribution in [3.05, 3.63) is 34.9 Å². The number of nitrogens with zero attached hydrogens (tertiary/aromatic N) is 1. The summed E-state index contributed by atoms with van der Waals surface area (Å²) in [5, 5.41) is 12.4. The Morgan fingerprint density at radius 2 is 2.18 bits per heavy atom. The largest absolute Gasteiger partial charge is 0.378 e. The minimum absolute atomic E-state index is 0.294. The fourth-order valence-electron chi connectivity index (χ4n) is 1.98. The fourth-order valence-corrected chi connectivity index (χ4v) is 1.98. The molecular weight excluding hydrogens is 212 g/mol. The minimum Gasteiger partial charge on any atom is -0.378 e. The van der Waals surface area contributed by atoms with Crippen LogP contribution >= 0.6 is 0 Å². The summed E-state index contributed by atoms with van der Waals surface area (Å²) in [6, 6.07) is 8.79. The quantitative estimate of drug-likeness (QED) is 0.859. The van der Waals surface area contributed by atoms with E-state index in [2.05, 4.69) is 43.4 Å². The molecule has 1 fully saturated rings. The molecule has 0 bridgehead atoms. The lowest BCUT2D eigenvalue weighted by Gasteiger charge is -2.35. The van der Waals surface area contributed by atoms with Crippen molar-refractivity contribution in [3.8, 4) is 6.07 Å². The summed E-state index contributed by atoms with van der Waals surface area (Å²) in [4.78, 5) is 0. The lowest BCUT2D eigenvalue weighted by atomic mass is 9.88. The number of hydrogen-bond donors (Lipinski definition) is 1. The Morgan fingerprint density at radius 1 is 1.41 bits per heavy atom. The SMILES string of the molecule is Cc1ccc(C)c(CNCC2(C#N)COC2)c1. The van der Waals surface area contributed by atoms with Gasteiger partial charge in [-0.2, -0.15) is 5.26 Å². The Labute approximate surface area is 102 Å². The third-order valence-corrected chi connectivity index (χ3v) is 3.28. The molecule has 0 atom stereocenters. The Balaban J connectivity index is 1.90. The fraction of sp³-hybridized carbons (Fsp3) is 0.500. The van der Waals surface area contributed by atoms with Crippen molar-refractivity contribution in [3.63, 3.8) is 0 Å². The number of aryl methyl sites for hydroxylation is 2. The van der Waals surface area contributed by atoms with E-state index < -0.39 is 0 Å². The number of benzene rings is 1. The predicted molar refractivity (Wildman–Crippen MR) is 66.5 cm³/mol. The van der Waals surface area contributed by atoms with E-state index in [9.17, 15) is 0 Å². The predicted octanol–water partition coefficient (Wildman–Crippen LogP) is 1.93. The Morgan fingerprint density at radius 3 is 2.76 bits per heavy atom. The van der Waals surface area contributed by atoms with Crippen LogP contribution < -0.4 is 5.32 Å². The summed E-state index contributed by atoms with van der Waals surface area (Å²) in [6.07, 6.45) is 0. The summed E-state index contributed by atoms with van der Waals surface area (Å²) >= 11 is 0. The molecule has 1 aromatic carbocycles. The Hall–Kier alpha value is -1.37. The van der Waals surface area contributed by atoms with Crippen molar-refractivity contribution in [2.24, 2.45) is 5.41 Å². The molecule has 1 aliphatic rings. The highest BCUT2D eigenvalue weighted by Crippen LogP contribution is 2.25. The van der Waals surface area contributed by atoms with Crippen molar-refractivity contribution >= 4 is 0 Å². The van der Waals surface area contributed by atoms with Crippen LogP contribution in [0.1, 0.15) is 16.7 Å².